The first kappa shape index (κ1) is 22.1. The molecule has 0 radical (unpaired) electrons. The molecule has 0 unspecified atom stereocenters. The van der Waals surface area contributed by atoms with Crippen LogP contribution in [-0.2, 0) is 30.7 Å². The van der Waals surface area contributed by atoms with Gasteiger partial charge in [-0.25, -0.2) is 0 Å². The fraction of sp³-hybridized carbons (Fsp3) is 0.455. The summed E-state index contributed by atoms with van der Waals surface area (Å²) >= 11 is 1.80. The number of hydrogen-bond donors (Lipinski definition) is 1. The SMILES string of the molecule is CCNC(=NCCC(=O)N1CCc2sccc2C1)N1CCc2ccccc2C1.I. The van der Waals surface area contributed by atoms with E-state index in [1.807, 2.05) is 4.90 Å². The molecule has 3 heterocycles. The predicted octanol–water partition coefficient (Wildman–Crippen LogP) is 3.66. The molecule has 2 aliphatic heterocycles. The lowest BCUT2D eigenvalue weighted by Crippen LogP contribution is -2.44. The van der Waals surface area contributed by atoms with E-state index < -0.39 is 0 Å². The Hall–Kier alpha value is -1.61. The molecule has 1 N–H and O–H groups in total. The Morgan fingerprint density at radius 3 is 2.66 bits per heavy atom. The van der Waals surface area contributed by atoms with Crippen LogP contribution in [0.3, 0.4) is 0 Å². The molecule has 2 aromatic rings. The fourth-order valence-electron chi connectivity index (χ4n) is 3.98. The van der Waals surface area contributed by atoms with E-state index in [1.54, 1.807) is 11.3 Å². The summed E-state index contributed by atoms with van der Waals surface area (Å²) in [6.45, 7) is 6.88. The normalized spacial score (nSPS) is 16.0. The number of nitrogens with one attached hydrogen (secondary N) is 1. The number of rotatable bonds is 4. The van der Waals surface area contributed by atoms with Crippen LogP contribution in [0.15, 0.2) is 40.7 Å². The average molecular weight is 524 g/mol. The number of guanidine groups is 1. The van der Waals surface area contributed by atoms with Gasteiger partial charge in [0, 0.05) is 44.0 Å². The van der Waals surface area contributed by atoms with Gasteiger partial charge in [-0.3, -0.25) is 9.79 Å². The molecule has 0 spiro atoms. The molecule has 2 aliphatic rings. The molecule has 0 bridgehead atoms. The monoisotopic (exact) mass is 524 g/mol. The summed E-state index contributed by atoms with van der Waals surface area (Å²) in [5.74, 6) is 1.13. The third kappa shape index (κ3) is 5.31. The number of aliphatic imine (C=N–C) groups is 1. The van der Waals surface area contributed by atoms with Crippen LogP contribution in [0, 0.1) is 0 Å². The lowest BCUT2D eigenvalue weighted by molar-refractivity contribution is -0.131. The second-order valence-corrected chi connectivity index (χ2v) is 8.36. The highest BCUT2D eigenvalue weighted by molar-refractivity contribution is 14.0. The molecule has 1 aromatic carbocycles. The average Bonchev–Trinajstić information content (AvgIpc) is 3.20. The standard InChI is InChI=1S/C22H28N4OS.HI/c1-2-23-22(26-12-8-17-5-3-4-6-18(17)15-26)24-11-7-21(27)25-13-9-20-19(16-25)10-14-28-20;/h3-6,10,14H,2,7-9,11-13,15-16H2,1H3,(H,23,24);1H. The zero-order valence-electron chi connectivity index (χ0n) is 16.9. The van der Waals surface area contributed by atoms with Crippen molar-refractivity contribution in [2.24, 2.45) is 4.99 Å². The van der Waals surface area contributed by atoms with Gasteiger partial charge >= 0.3 is 0 Å². The zero-order valence-corrected chi connectivity index (χ0v) is 20.0. The number of halogens is 1. The molecular formula is C22H29IN4OS. The highest BCUT2D eigenvalue weighted by atomic mass is 127. The van der Waals surface area contributed by atoms with E-state index in [0.717, 1.165) is 51.5 Å². The van der Waals surface area contributed by atoms with Crippen molar-refractivity contribution in [3.63, 3.8) is 0 Å². The van der Waals surface area contributed by atoms with Crippen LogP contribution in [0.2, 0.25) is 0 Å². The maximum Gasteiger partial charge on any atom is 0.224 e. The molecule has 4 rings (SSSR count). The number of nitrogens with zero attached hydrogens (tertiary/aromatic N) is 3. The largest absolute Gasteiger partial charge is 0.357 e. The topological polar surface area (TPSA) is 47.9 Å². The Morgan fingerprint density at radius 2 is 1.83 bits per heavy atom. The molecule has 7 heteroatoms. The molecule has 1 amide bonds. The van der Waals surface area contributed by atoms with E-state index >= 15 is 0 Å². The summed E-state index contributed by atoms with van der Waals surface area (Å²) in [5, 5.41) is 5.53. The van der Waals surface area contributed by atoms with Gasteiger partial charge in [0.05, 0.1) is 6.54 Å². The predicted molar refractivity (Wildman–Crippen MR) is 130 cm³/mol. The molecular weight excluding hydrogens is 495 g/mol. The Bertz CT molecular complexity index is 866. The minimum atomic E-state index is 0. The van der Waals surface area contributed by atoms with Crippen LogP contribution in [0.25, 0.3) is 0 Å². The number of thiophene rings is 1. The quantitative estimate of drug-likeness (QED) is 0.378. The molecule has 156 valence electrons. The van der Waals surface area contributed by atoms with E-state index in [4.69, 9.17) is 4.99 Å². The number of benzene rings is 1. The minimum absolute atomic E-state index is 0. The van der Waals surface area contributed by atoms with Gasteiger partial charge in [-0.05, 0) is 47.9 Å². The number of fused-ring (bicyclic) bond motifs is 2. The van der Waals surface area contributed by atoms with Gasteiger partial charge in [-0.15, -0.1) is 35.3 Å². The smallest absolute Gasteiger partial charge is 0.224 e. The second kappa shape index (κ2) is 10.4. The van der Waals surface area contributed by atoms with E-state index in [2.05, 4.69) is 52.9 Å². The van der Waals surface area contributed by atoms with Gasteiger partial charge in [-0.2, -0.15) is 0 Å². The number of carbonyl (C=O) groups is 1. The summed E-state index contributed by atoms with van der Waals surface area (Å²) in [5.41, 5.74) is 4.12. The Kier molecular flexibility index (Phi) is 7.94. The second-order valence-electron chi connectivity index (χ2n) is 7.36. The van der Waals surface area contributed by atoms with Crippen LogP contribution >= 0.6 is 35.3 Å². The maximum atomic E-state index is 12.6. The van der Waals surface area contributed by atoms with Crippen molar-refractivity contribution >= 4 is 47.2 Å². The van der Waals surface area contributed by atoms with Crippen LogP contribution < -0.4 is 5.32 Å². The lowest BCUT2D eigenvalue weighted by Gasteiger charge is -2.31. The van der Waals surface area contributed by atoms with Crippen molar-refractivity contribution < 1.29 is 4.79 Å². The first-order chi connectivity index (χ1) is 13.7. The van der Waals surface area contributed by atoms with Crippen molar-refractivity contribution in [3.8, 4) is 0 Å². The lowest BCUT2D eigenvalue weighted by atomic mass is 10.0. The van der Waals surface area contributed by atoms with Crippen molar-refractivity contribution in [1.29, 1.82) is 0 Å². The third-order valence-electron chi connectivity index (χ3n) is 5.51. The molecule has 5 nitrogen and oxygen atoms in total. The van der Waals surface area contributed by atoms with Gasteiger partial charge in [0.25, 0.3) is 0 Å². The maximum absolute atomic E-state index is 12.6. The fourth-order valence-corrected chi connectivity index (χ4v) is 4.87. The van der Waals surface area contributed by atoms with Crippen LogP contribution in [-0.4, -0.2) is 47.8 Å². The summed E-state index contributed by atoms with van der Waals surface area (Å²) in [4.78, 5) is 23.1. The Balaban J connectivity index is 0.00000240. The molecule has 0 atom stereocenters. The molecule has 29 heavy (non-hydrogen) atoms. The summed E-state index contributed by atoms with van der Waals surface area (Å²) < 4.78 is 0. The van der Waals surface area contributed by atoms with Crippen LogP contribution in [0.5, 0.6) is 0 Å². The van der Waals surface area contributed by atoms with E-state index in [1.165, 1.54) is 21.6 Å². The number of carbonyl (C=O) groups excluding carboxylic acids is 1. The van der Waals surface area contributed by atoms with Gasteiger partial charge in [0.2, 0.25) is 5.91 Å². The van der Waals surface area contributed by atoms with E-state index in [-0.39, 0.29) is 29.9 Å². The zero-order chi connectivity index (χ0) is 19.3. The highest BCUT2D eigenvalue weighted by Gasteiger charge is 2.22. The minimum Gasteiger partial charge on any atom is -0.357 e. The molecule has 0 saturated heterocycles. The van der Waals surface area contributed by atoms with Gasteiger partial charge in [-0.1, -0.05) is 24.3 Å². The molecule has 1 aromatic heterocycles. The van der Waals surface area contributed by atoms with Gasteiger partial charge in [0.15, 0.2) is 5.96 Å². The summed E-state index contributed by atoms with van der Waals surface area (Å²) in [6.07, 6.45) is 2.49. The van der Waals surface area contributed by atoms with E-state index in [0.29, 0.717) is 13.0 Å². The molecule has 0 aliphatic carbocycles. The van der Waals surface area contributed by atoms with Gasteiger partial charge < -0.3 is 15.1 Å². The molecule has 0 saturated carbocycles. The third-order valence-corrected chi connectivity index (χ3v) is 6.54. The van der Waals surface area contributed by atoms with Crippen molar-refractivity contribution in [1.82, 2.24) is 15.1 Å². The van der Waals surface area contributed by atoms with E-state index in [9.17, 15) is 4.79 Å². The number of hydrogen-bond acceptors (Lipinski definition) is 3. The Morgan fingerprint density at radius 1 is 1.07 bits per heavy atom. The van der Waals surface area contributed by atoms with Gasteiger partial charge in [0.1, 0.15) is 0 Å². The van der Waals surface area contributed by atoms with Crippen molar-refractivity contribution in [2.45, 2.75) is 39.3 Å². The summed E-state index contributed by atoms with van der Waals surface area (Å²) in [6, 6.07) is 10.8. The molecule has 0 fully saturated rings. The first-order valence-corrected chi connectivity index (χ1v) is 11.1. The van der Waals surface area contributed by atoms with Crippen LogP contribution in [0.1, 0.15) is 34.9 Å². The summed E-state index contributed by atoms with van der Waals surface area (Å²) in [7, 11) is 0. The van der Waals surface area contributed by atoms with Crippen LogP contribution in [0.4, 0.5) is 0 Å². The van der Waals surface area contributed by atoms with Crippen molar-refractivity contribution in [3.05, 3.63) is 57.3 Å². The van der Waals surface area contributed by atoms with Crippen molar-refractivity contribution in [2.75, 3.05) is 26.2 Å². The Labute approximate surface area is 194 Å². The first-order valence-electron chi connectivity index (χ1n) is 10.2. The number of amides is 1. The highest BCUT2D eigenvalue weighted by Crippen LogP contribution is 2.24.